The Balaban J connectivity index is 1.58. The smallest absolute Gasteiger partial charge is 0.236 e. The van der Waals surface area contributed by atoms with Crippen molar-refractivity contribution >= 4 is 15.9 Å². The summed E-state index contributed by atoms with van der Waals surface area (Å²) >= 11 is 0. The zero-order chi connectivity index (χ0) is 18.0. The molecular weight excluding hydrogens is 345 g/mol. The predicted octanol–water partition coefficient (Wildman–Crippen LogP) is 1.07. The molecule has 1 atom stereocenters. The minimum Gasteiger partial charge on any atom is -0.339 e. The predicted molar refractivity (Wildman–Crippen MR) is 92.9 cm³/mol. The summed E-state index contributed by atoms with van der Waals surface area (Å²) in [6.07, 6.45) is 3.17. The Hall–Kier alpha value is -1.51. The van der Waals surface area contributed by atoms with Gasteiger partial charge in [0.2, 0.25) is 15.9 Å². The first-order valence-corrected chi connectivity index (χ1v) is 10.4. The number of carbonyl (C=O) groups is 1. The number of rotatable bonds is 4. The Labute approximate surface area is 148 Å². The highest BCUT2D eigenvalue weighted by Gasteiger charge is 2.31. The average Bonchev–Trinajstić information content (AvgIpc) is 3.03. The van der Waals surface area contributed by atoms with E-state index in [9.17, 15) is 17.6 Å². The molecule has 0 saturated carbocycles. The van der Waals surface area contributed by atoms with Gasteiger partial charge in [0.1, 0.15) is 5.82 Å². The number of likely N-dealkylation sites (tertiary alicyclic amines) is 1. The summed E-state index contributed by atoms with van der Waals surface area (Å²) in [4.78, 5) is 16.5. The van der Waals surface area contributed by atoms with Crippen LogP contribution < -0.4 is 0 Å². The van der Waals surface area contributed by atoms with Gasteiger partial charge in [0, 0.05) is 32.2 Å². The maximum Gasteiger partial charge on any atom is 0.236 e. The lowest BCUT2D eigenvalue weighted by Gasteiger charge is -2.35. The summed E-state index contributed by atoms with van der Waals surface area (Å²) in [7, 11) is -3.19. The number of piperazine rings is 1. The molecule has 0 spiro atoms. The fraction of sp³-hybridized carbons (Fsp3) is 0.588. The Kier molecular flexibility index (Phi) is 5.41. The van der Waals surface area contributed by atoms with Crippen LogP contribution in [0.15, 0.2) is 24.3 Å². The third-order valence-electron chi connectivity index (χ3n) is 5.02. The third kappa shape index (κ3) is 4.37. The molecule has 2 heterocycles. The number of sulfonamides is 1. The summed E-state index contributed by atoms with van der Waals surface area (Å²) in [6, 6.07) is 6.62. The second-order valence-corrected chi connectivity index (χ2v) is 8.71. The number of carbonyl (C=O) groups excluding carboxylic acids is 1. The summed E-state index contributed by atoms with van der Waals surface area (Å²) in [5, 5.41) is 0. The molecule has 1 aromatic rings. The maximum absolute atomic E-state index is 13.1. The molecule has 0 bridgehead atoms. The van der Waals surface area contributed by atoms with Gasteiger partial charge in [-0.15, -0.1) is 0 Å². The van der Waals surface area contributed by atoms with E-state index in [4.69, 9.17) is 0 Å². The number of nitrogens with zero attached hydrogens (tertiary/aromatic N) is 3. The lowest BCUT2D eigenvalue weighted by atomic mass is 10.0. The molecule has 2 fully saturated rings. The molecule has 8 heteroatoms. The minimum absolute atomic E-state index is 0.0298. The second kappa shape index (κ2) is 7.39. The lowest BCUT2D eigenvalue weighted by molar-refractivity contribution is -0.133. The van der Waals surface area contributed by atoms with Gasteiger partial charge in [-0.1, -0.05) is 12.1 Å². The highest BCUT2D eigenvalue weighted by atomic mass is 32.2. The van der Waals surface area contributed by atoms with E-state index in [1.165, 1.54) is 22.7 Å². The fourth-order valence-electron chi connectivity index (χ4n) is 3.62. The van der Waals surface area contributed by atoms with Crippen molar-refractivity contribution in [1.82, 2.24) is 14.1 Å². The van der Waals surface area contributed by atoms with Crippen LogP contribution in [-0.4, -0.2) is 74.0 Å². The summed E-state index contributed by atoms with van der Waals surface area (Å²) in [5.74, 6) is -0.227. The fourth-order valence-corrected chi connectivity index (χ4v) is 4.45. The Bertz CT molecular complexity index is 715. The molecule has 1 aromatic carbocycles. The number of benzene rings is 1. The Morgan fingerprint density at radius 2 is 1.76 bits per heavy atom. The Morgan fingerprint density at radius 1 is 1.12 bits per heavy atom. The number of hydrogen-bond donors (Lipinski definition) is 0. The van der Waals surface area contributed by atoms with E-state index in [0.29, 0.717) is 32.7 Å². The van der Waals surface area contributed by atoms with Gasteiger partial charge in [0.15, 0.2) is 0 Å². The van der Waals surface area contributed by atoms with Gasteiger partial charge >= 0.3 is 0 Å². The molecule has 1 amide bonds. The summed E-state index contributed by atoms with van der Waals surface area (Å²) < 4.78 is 37.6. The van der Waals surface area contributed by atoms with Crippen LogP contribution in [0.3, 0.4) is 0 Å². The third-order valence-corrected chi connectivity index (χ3v) is 6.32. The van der Waals surface area contributed by atoms with Crippen LogP contribution in [0.25, 0.3) is 0 Å². The lowest BCUT2D eigenvalue weighted by Crippen LogP contribution is -2.52. The first-order valence-electron chi connectivity index (χ1n) is 8.57. The minimum atomic E-state index is -3.19. The standard InChI is InChI=1S/C17H24FN3O3S/c1-25(23,24)21-11-9-19(10-12-21)17(22)13-20-8-2-3-16(20)14-4-6-15(18)7-5-14/h4-7,16H,2-3,8-13H2,1H3/t16-/m1/s1. The van der Waals surface area contributed by atoms with E-state index in [1.807, 2.05) is 0 Å². The summed E-state index contributed by atoms with van der Waals surface area (Å²) in [6.45, 7) is 2.73. The molecule has 25 heavy (non-hydrogen) atoms. The van der Waals surface area contributed by atoms with Crippen molar-refractivity contribution in [2.75, 3.05) is 45.5 Å². The van der Waals surface area contributed by atoms with Crippen molar-refractivity contribution < 1.29 is 17.6 Å². The van der Waals surface area contributed by atoms with Crippen LogP contribution in [0.5, 0.6) is 0 Å². The molecule has 2 aliphatic rings. The molecule has 0 aromatic heterocycles. The molecule has 3 rings (SSSR count). The molecule has 2 saturated heterocycles. The molecule has 0 aliphatic carbocycles. The first-order chi connectivity index (χ1) is 11.8. The molecule has 2 aliphatic heterocycles. The molecule has 138 valence electrons. The summed E-state index contributed by atoms with van der Waals surface area (Å²) in [5.41, 5.74) is 1.04. The van der Waals surface area contributed by atoms with E-state index in [2.05, 4.69) is 4.90 Å². The normalized spacial score (nSPS) is 23.1. The molecule has 0 radical (unpaired) electrons. The zero-order valence-corrected chi connectivity index (χ0v) is 15.2. The molecular formula is C17H24FN3O3S. The highest BCUT2D eigenvalue weighted by molar-refractivity contribution is 7.88. The van der Waals surface area contributed by atoms with Crippen LogP contribution >= 0.6 is 0 Å². The number of hydrogen-bond acceptors (Lipinski definition) is 4. The number of halogens is 1. The van der Waals surface area contributed by atoms with E-state index < -0.39 is 10.0 Å². The van der Waals surface area contributed by atoms with Crippen molar-refractivity contribution in [2.24, 2.45) is 0 Å². The SMILES string of the molecule is CS(=O)(=O)N1CCN(C(=O)CN2CCC[C@@H]2c2ccc(F)cc2)CC1. The maximum atomic E-state index is 13.1. The van der Waals surface area contributed by atoms with Gasteiger partial charge in [-0.25, -0.2) is 12.8 Å². The average molecular weight is 369 g/mol. The van der Waals surface area contributed by atoms with Crippen molar-refractivity contribution in [3.8, 4) is 0 Å². The monoisotopic (exact) mass is 369 g/mol. The van der Waals surface area contributed by atoms with Gasteiger partial charge in [-0.05, 0) is 37.1 Å². The van der Waals surface area contributed by atoms with Gasteiger partial charge in [-0.3, -0.25) is 9.69 Å². The molecule has 6 nitrogen and oxygen atoms in total. The highest BCUT2D eigenvalue weighted by Crippen LogP contribution is 2.31. The number of amides is 1. The quantitative estimate of drug-likeness (QED) is 0.797. The van der Waals surface area contributed by atoms with Gasteiger partial charge in [-0.2, -0.15) is 4.31 Å². The van der Waals surface area contributed by atoms with Crippen LogP contribution in [-0.2, 0) is 14.8 Å². The molecule has 0 unspecified atom stereocenters. The van der Waals surface area contributed by atoms with Crippen molar-refractivity contribution in [3.63, 3.8) is 0 Å². The van der Waals surface area contributed by atoms with Crippen molar-refractivity contribution in [1.29, 1.82) is 0 Å². The van der Waals surface area contributed by atoms with Crippen LogP contribution in [0.2, 0.25) is 0 Å². The van der Waals surface area contributed by atoms with Gasteiger partial charge in [0.25, 0.3) is 0 Å². The van der Waals surface area contributed by atoms with Crippen molar-refractivity contribution in [3.05, 3.63) is 35.6 Å². The second-order valence-electron chi connectivity index (χ2n) is 6.72. The van der Waals surface area contributed by atoms with E-state index in [-0.39, 0.29) is 17.8 Å². The zero-order valence-electron chi connectivity index (χ0n) is 14.4. The van der Waals surface area contributed by atoms with Crippen LogP contribution in [0.4, 0.5) is 4.39 Å². The van der Waals surface area contributed by atoms with Gasteiger partial charge < -0.3 is 4.90 Å². The molecule has 0 N–H and O–H groups in total. The van der Waals surface area contributed by atoms with Crippen LogP contribution in [0, 0.1) is 5.82 Å². The van der Waals surface area contributed by atoms with E-state index in [1.54, 1.807) is 17.0 Å². The topological polar surface area (TPSA) is 60.9 Å². The largest absolute Gasteiger partial charge is 0.339 e. The first kappa shape index (κ1) is 18.3. The van der Waals surface area contributed by atoms with E-state index >= 15 is 0 Å². The Morgan fingerprint density at radius 3 is 2.36 bits per heavy atom. The van der Waals surface area contributed by atoms with Crippen LogP contribution in [0.1, 0.15) is 24.4 Å². The van der Waals surface area contributed by atoms with Crippen molar-refractivity contribution in [2.45, 2.75) is 18.9 Å². The van der Waals surface area contributed by atoms with Gasteiger partial charge in [0.05, 0.1) is 12.8 Å². The van der Waals surface area contributed by atoms with E-state index in [0.717, 1.165) is 24.9 Å².